The van der Waals surface area contributed by atoms with Gasteiger partial charge in [0.25, 0.3) is 0 Å². The van der Waals surface area contributed by atoms with Gasteiger partial charge in [-0.15, -0.1) is 0 Å². The second-order valence-corrected chi connectivity index (χ2v) is 5.92. The Kier molecular flexibility index (Phi) is 4.35. The monoisotopic (exact) mass is 276 g/mol. The van der Waals surface area contributed by atoms with E-state index in [1.54, 1.807) is 6.20 Å². The van der Waals surface area contributed by atoms with Gasteiger partial charge < -0.3 is 10.3 Å². The Morgan fingerprint density at radius 3 is 3.10 bits per heavy atom. The van der Waals surface area contributed by atoms with Crippen LogP contribution in [0.1, 0.15) is 37.9 Å². The fraction of sp³-hybridized carbons (Fsp3) is 0.733. The molecule has 0 radical (unpaired) electrons. The van der Waals surface area contributed by atoms with Crippen LogP contribution < -0.4 is 5.32 Å². The van der Waals surface area contributed by atoms with E-state index in [4.69, 9.17) is 0 Å². The van der Waals surface area contributed by atoms with Crippen LogP contribution in [0.2, 0.25) is 0 Å². The fourth-order valence-corrected chi connectivity index (χ4v) is 3.63. The Morgan fingerprint density at radius 1 is 1.35 bits per heavy atom. The largest absolute Gasteiger partial charge is 0.355 e. The van der Waals surface area contributed by atoms with Gasteiger partial charge in [0.05, 0.1) is 5.92 Å². The number of aromatic nitrogens is 2. The predicted molar refractivity (Wildman–Crippen MR) is 77.2 cm³/mol. The number of hydrogen-bond donors (Lipinski definition) is 2. The number of imidazole rings is 1. The molecule has 0 aromatic carbocycles. The first kappa shape index (κ1) is 13.6. The minimum absolute atomic E-state index is 0.195. The number of rotatable bonds is 4. The van der Waals surface area contributed by atoms with Crippen molar-refractivity contribution in [3.8, 4) is 0 Å². The molecule has 0 bridgehead atoms. The smallest absolute Gasteiger partial charge is 0.224 e. The summed E-state index contributed by atoms with van der Waals surface area (Å²) in [5.41, 5.74) is 0. The van der Waals surface area contributed by atoms with Crippen molar-refractivity contribution in [2.24, 2.45) is 5.92 Å². The average Bonchev–Trinajstić information content (AvgIpc) is 3.00. The maximum absolute atomic E-state index is 12.4. The van der Waals surface area contributed by atoms with Gasteiger partial charge in [0.15, 0.2) is 0 Å². The number of amides is 1. The van der Waals surface area contributed by atoms with Gasteiger partial charge in [0.1, 0.15) is 5.82 Å². The summed E-state index contributed by atoms with van der Waals surface area (Å²) >= 11 is 0. The lowest BCUT2D eigenvalue weighted by molar-refractivity contribution is -0.129. The first-order chi connectivity index (χ1) is 9.84. The lowest BCUT2D eigenvalue weighted by Crippen LogP contribution is -2.52. The summed E-state index contributed by atoms with van der Waals surface area (Å²) in [6.45, 7) is 3.04. The molecule has 3 heterocycles. The van der Waals surface area contributed by atoms with E-state index < -0.39 is 0 Å². The molecule has 1 aromatic heterocycles. The maximum Gasteiger partial charge on any atom is 0.224 e. The van der Waals surface area contributed by atoms with Crippen molar-refractivity contribution in [3.05, 3.63) is 18.2 Å². The number of hydrogen-bond acceptors (Lipinski definition) is 3. The number of carbonyl (C=O) groups excluding carboxylic acids is 1. The molecule has 5 nitrogen and oxygen atoms in total. The van der Waals surface area contributed by atoms with Crippen LogP contribution >= 0.6 is 0 Å². The molecule has 110 valence electrons. The SMILES string of the molecule is O=C(NCCc1ncc[nH]1)[C@@H]1CCCN2CCCC[C@H]12. The minimum atomic E-state index is 0.195. The molecule has 2 N–H and O–H groups in total. The van der Waals surface area contributed by atoms with Crippen molar-refractivity contribution in [1.29, 1.82) is 0 Å². The van der Waals surface area contributed by atoms with Crippen molar-refractivity contribution >= 4 is 5.91 Å². The normalized spacial score (nSPS) is 27.0. The molecule has 1 aromatic rings. The first-order valence-corrected chi connectivity index (χ1v) is 7.84. The average molecular weight is 276 g/mol. The molecular formula is C15H24N4O. The van der Waals surface area contributed by atoms with Crippen LogP contribution in [0.3, 0.4) is 0 Å². The van der Waals surface area contributed by atoms with Crippen LogP contribution in [-0.4, -0.2) is 46.5 Å². The molecule has 0 spiro atoms. The Balaban J connectivity index is 1.50. The van der Waals surface area contributed by atoms with Gasteiger partial charge >= 0.3 is 0 Å². The van der Waals surface area contributed by atoms with Gasteiger partial charge in [-0.05, 0) is 38.8 Å². The third kappa shape index (κ3) is 3.03. The zero-order valence-electron chi connectivity index (χ0n) is 12.0. The molecule has 3 rings (SSSR count). The second-order valence-electron chi connectivity index (χ2n) is 5.92. The molecule has 0 saturated carbocycles. The number of H-pyrrole nitrogens is 1. The van der Waals surface area contributed by atoms with E-state index in [-0.39, 0.29) is 11.8 Å². The molecule has 2 fully saturated rings. The van der Waals surface area contributed by atoms with Gasteiger partial charge in [-0.3, -0.25) is 9.69 Å². The molecule has 1 amide bonds. The molecular weight excluding hydrogens is 252 g/mol. The van der Waals surface area contributed by atoms with Crippen molar-refractivity contribution in [2.45, 2.75) is 44.6 Å². The van der Waals surface area contributed by atoms with Crippen LogP contribution in [-0.2, 0) is 11.2 Å². The predicted octanol–water partition coefficient (Wildman–Crippen LogP) is 1.33. The summed E-state index contributed by atoms with van der Waals surface area (Å²) in [7, 11) is 0. The highest BCUT2D eigenvalue weighted by molar-refractivity contribution is 5.79. The number of nitrogens with one attached hydrogen (secondary N) is 2. The zero-order chi connectivity index (χ0) is 13.8. The molecule has 20 heavy (non-hydrogen) atoms. The van der Waals surface area contributed by atoms with E-state index in [1.165, 1.54) is 32.4 Å². The summed E-state index contributed by atoms with van der Waals surface area (Å²) in [6, 6.07) is 0.487. The van der Waals surface area contributed by atoms with Crippen LogP contribution in [0, 0.1) is 5.92 Å². The maximum atomic E-state index is 12.4. The molecule has 2 atom stereocenters. The van der Waals surface area contributed by atoms with Crippen LogP contribution in [0.25, 0.3) is 0 Å². The molecule has 2 aliphatic heterocycles. The minimum Gasteiger partial charge on any atom is -0.355 e. The van der Waals surface area contributed by atoms with Crippen LogP contribution in [0.4, 0.5) is 0 Å². The summed E-state index contributed by atoms with van der Waals surface area (Å²) < 4.78 is 0. The summed E-state index contributed by atoms with van der Waals surface area (Å²) in [4.78, 5) is 22.2. The van der Waals surface area contributed by atoms with Gasteiger partial charge in [0, 0.05) is 31.4 Å². The highest BCUT2D eigenvalue weighted by Crippen LogP contribution is 2.30. The van der Waals surface area contributed by atoms with Gasteiger partial charge in [-0.1, -0.05) is 6.42 Å². The number of aromatic amines is 1. The van der Waals surface area contributed by atoms with Crippen molar-refractivity contribution in [3.63, 3.8) is 0 Å². The Hall–Kier alpha value is -1.36. The summed E-state index contributed by atoms with van der Waals surface area (Å²) in [5.74, 6) is 1.38. The first-order valence-electron chi connectivity index (χ1n) is 7.84. The highest BCUT2D eigenvalue weighted by Gasteiger charge is 2.36. The van der Waals surface area contributed by atoms with E-state index in [0.717, 1.165) is 25.1 Å². The Labute approximate surface area is 120 Å². The fourth-order valence-electron chi connectivity index (χ4n) is 3.63. The third-order valence-corrected chi connectivity index (χ3v) is 4.64. The molecule has 0 unspecified atom stereocenters. The van der Waals surface area contributed by atoms with Crippen LogP contribution in [0.5, 0.6) is 0 Å². The number of piperidine rings is 2. The highest BCUT2D eigenvalue weighted by atomic mass is 16.1. The zero-order valence-corrected chi connectivity index (χ0v) is 12.0. The molecule has 2 aliphatic rings. The second kappa shape index (κ2) is 6.39. The lowest BCUT2D eigenvalue weighted by Gasteiger charge is -2.43. The van der Waals surface area contributed by atoms with Crippen molar-refractivity contribution < 1.29 is 4.79 Å². The summed E-state index contributed by atoms with van der Waals surface area (Å²) in [5, 5.41) is 3.10. The van der Waals surface area contributed by atoms with Crippen molar-refractivity contribution in [1.82, 2.24) is 20.2 Å². The van der Waals surface area contributed by atoms with Crippen molar-refractivity contribution in [2.75, 3.05) is 19.6 Å². The molecule has 2 saturated heterocycles. The van der Waals surface area contributed by atoms with E-state index in [9.17, 15) is 4.79 Å². The van der Waals surface area contributed by atoms with Gasteiger partial charge in [0.2, 0.25) is 5.91 Å². The topological polar surface area (TPSA) is 61.0 Å². The van der Waals surface area contributed by atoms with E-state index in [1.807, 2.05) is 6.20 Å². The van der Waals surface area contributed by atoms with Crippen LogP contribution in [0.15, 0.2) is 12.4 Å². The number of nitrogens with zero attached hydrogens (tertiary/aromatic N) is 2. The number of fused-ring (bicyclic) bond motifs is 1. The van der Waals surface area contributed by atoms with E-state index in [2.05, 4.69) is 20.2 Å². The number of carbonyl (C=O) groups is 1. The van der Waals surface area contributed by atoms with E-state index >= 15 is 0 Å². The third-order valence-electron chi connectivity index (χ3n) is 4.64. The van der Waals surface area contributed by atoms with Gasteiger partial charge in [-0.2, -0.15) is 0 Å². The standard InChI is InChI=1S/C15H24N4O/c20-15(18-7-6-14-16-8-9-17-14)12-4-3-11-19-10-2-1-5-13(12)19/h8-9,12-13H,1-7,10-11H2,(H,16,17)(H,18,20)/t12-,13-/m1/s1. The molecule has 0 aliphatic carbocycles. The van der Waals surface area contributed by atoms with E-state index in [0.29, 0.717) is 12.6 Å². The molecule has 5 heteroatoms. The van der Waals surface area contributed by atoms with Gasteiger partial charge in [-0.25, -0.2) is 4.98 Å². The quantitative estimate of drug-likeness (QED) is 0.872. The lowest BCUT2D eigenvalue weighted by atomic mass is 9.83. The Morgan fingerprint density at radius 2 is 2.25 bits per heavy atom. The Bertz CT molecular complexity index is 429. The summed E-state index contributed by atoms with van der Waals surface area (Å²) in [6.07, 6.45) is 10.3.